The van der Waals surface area contributed by atoms with Crippen molar-refractivity contribution in [3.8, 4) is 0 Å². The van der Waals surface area contributed by atoms with Gasteiger partial charge in [0.1, 0.15) is 6.61 Å². The number of hydrogen-bond donors (Lipinski definition) is 1. The van der Waals surface area contributed by atoms with Crippen LogP contribution in [-0.2, 0) is 4.74 Å². The topological polar surface area (TPSA) is 46.5 Å². The molecule has 168 valence electrons. The third-order valence-electron chi connectivity index (χ3n) is 5.28. The zero-order valence-electron chi connectivity index (χ0n) is 19.5. The van der Waals surface area contributed by atoms with E-state index in [2.05, 4.69) is 32.4 Å². The molecule has 0 atom stereocenters. The van der Waals surface area contributed by atoms with Gasteiger partial charge in [-0.25, -0.2) is 4.79 Å². The van der Waals surface area contributed by atoms with E-state index in [1.54, 1.807) is 48.9 Å². The minimum atomic E-state index is -0.562. The van der Waals surface area contributed by atoms with E-state index in [1.165, 1.54) is 51.4 Å². The van der Waals surface area contributed by atoms with Crippen molar-refractivity contribution in [2.75, 3.05) is 37.9 Å². The Balaban J connectivity index is 0.000000571. The summed E-state index contributed by atoms with van der Waals surface area (Å²) in [6.45, 7) is 9.33. The van der Waals surface area contributed by atoms with Gasteiger partial charge in [-0.05, 0) is 37.8 Å². The molecule has 0 saturated carbocycles. The van der Waals surface area contributed by atoms with Crippen LogP contribution in [0.3, 0.4) is 0 Å². The fourth-order valence-electron chi connectivity index (χ4n) is 3.44. The summed E-state index contributed by atoms with van der Waals surface area (Å²) in [7, 11) is -0.562. The highest BCUT2D eigenvalue weighted by atomic mass is 31.2. The van der Waals surface area contributed by atoms with Crippen molar-refractivity contribution in [2.24, 2.45) is 0 Å². The molecule has 0 amide bonds. The molecule has 0 bridgehead atoms. The van der Waals surface area contributed by atoms with E-state index < -0.39 is 13.2 Å². The lowest BCUT2D eigenvalue weighted by molar-refractivity contribution is 0.0434. The van der Waals surface area contributed by atoms with E-state index in [0.717, 1.165) is 0 Å². The normalized spacial score (nSPS) is 10.9. The van der Waals surface area contributed by atoms with E-state index >= 15 is 0 Å². The van der Waals surface area contributed by atoms with Gasteiger partial charge in [0.15, 0.2) is 0 Å². The minimum Gasteiger partial charge on any atom is -0.460 e. The first-order valence-corrected chi connectivity index (χ1v) is 14.3. The first kappa shape index (κ1) is 28.1. The van der Waals surface area contributed by atoms with Crippen LogP contribution in [0, 0.1) is 0 Å². The van der Waals surface area contributed by atoms with Crippen LogP contribution in [0.1, 0.15) is 89.4 Å². The summed E-state index contributed by atoms with van der Waals surface area (Å²) in [5.74, 6) is -0.398. The highest BCUT2D eigenvalue weighted by molar-refractivity contribution is 7.75. The van der Waals surface area contributed by atoms with Crippen LogP contribution in [0.15, 0.2) is 30.3 Å². The maximum atomic E-state index is 11.1. The van der Waals surface area contributed by atoms with Gasteiger partial charge in [0.05, 0.1) is 36.8 Å². The Morgan fingerprint density at radius 2 is 1.21 bits per heavy atom. The molecule has 29 heavy (non-hydrogen) atoms. The predicted octanol–water partition coefficient (Wildman–Crippen LogP) is 7.04. The molecular weight excluding hydrogens is 379 g/mol. The first-order chi connectivity index (χ1) is 14.1. The maximum Gasteiger partial charge on any atom is 0.338 e. The van der Waals surface area contributed by atoms with Crippen molar-refractivity contribution in [1.29, 1.82) is 0 Å². The number of unbranched alkanes of at least 4 members (excludes halogenated alkanes) is 4. The molecule has 0 radical (unpaired) electrons. The van der Waals surface area contributed by atoms with Crippen LogP contribution < -0.4 is 0 Å². The molecule has 0 aromatic heterocycles. The summed E-state index contributed by atoms with van der Waals surface area (Å²) in [4.78, 5) is 11.1. The average molecular weight is 426 g/mol. The fourth-order valence-corrected chi connectivity index (χ4v) is 8.73. The third kappa shape index (κ3) is 13.8. The van der Waals surface area contributed by atoms with Gasteiger partial charge < -0.3 is 9.84 Å². The zero-order chi connectivity index (χ0) is 21.8. The number of aliphatic hydroxyl groups excluding tert-OH is 1. The number of carbonyl (C=O) groups is 1. The lowest BCUT2D eigenvalue weighted by atomic mass is 10.2. The molecule has 0 aliphatic heterocycles. The third-order valence-corrected chi connectivity index (χ3v) is 10.3. The van der Waals surface area contributed by atoms with Gasteiger partial charge in [-0.2, -0.15) is 0 Å². The largest absolute Gasteiger partial charge is 0.460 e. The lowest BCUT2D eigenvalue weighted by Gasteiger charge is -2.28. The number of ether oxygens (including phenoxy) is 1. The first-order valence-electron chi connectivity index (χ1n) is 11.8. The SMILES string of the molecule is CCCC[P+](CCCC)(CCCC)CCCC.O=C(OCCO)c1ccccc1. The molecule has 0 unspecified atom stereocenters. The van der Waals surface area contributed by atoms with Gasteiger partial charge >= 0.3 is 5.97 Å². The summed E-state index contributed by atoms with van der Waals surface area (Å²) in [5, 5.41) is 8.38. The zero-order valence-corrected chi connectivity index (χ0v) is 20.4. The van der Waals surface area contributed by atoms with Gasteiger partial charge in [-0.1, -0.05) is 71.6 Å². The van der Waals surface area contributed by atoms with Crippen LogP contribution in [0.5, 0.6) is 0 Å². The Labute approximate surface area is 181 Å². The summed E-state index contributed by atoms with van der Waals surface area (Å²) < 4.78 is 4.69. The summed E-state index contributed by atoms with van der Waals surface area (Å²) >= 11 is 0. The highest BCUT2D eigenvalue weighted by Gasteiger charge is 2.34. The Hall–Kier alpha value is -0.920. The van der Waals surface area contributed by atoms with Crippen LogP contribution >= 0.6 is 7.26 Å². The summed E-state index contributed by atoms with van der Waals surface area (Å²) in [6.07, 6.45) is 17.9. The molecule has 0 saturated heterocycles. The molecule has 3 nitrogen and oxygen atoms in total. The summed E-state index contributed by atoms with van der Waals surface area (Å²) in [6, 6.07) is 8.67. The molecular formula is C25H46O3P+. The van der Waals surface area contributed by atoms with Crippen LogP contribution in [0.25, 0.3) is 0 Å². The summed E-state index contributed by atoms with van der Waals surface area (Å²) in [5.41, 5.74) is 0.506. The van der Waals surface area contributed by atoms with E-state index in [9.17, 15) is 4.79 Å². The molecule has 1 aromatic carbocycles. The second kappa shape index (κ2) is 19.1. The van der Waals surface area contributed by atoms with Crippen LogP contribution in [0.2, 0.25) is 0 Å². The Morgan fingerprint density at radius 1 is 0.793 bits per heavy atom. The maximum absolute atomic E-state index is 11.1. The standard InChI is InChI=1S/C16H36P.C9H10O3/c1-5-9-13-17(14-10-6-2,15-11-7-3)16-12-8-4;10-6-7-12-9(11)8-4-2-1-3-5-8/h5-16H2,1-4H3;1-5,10H,6-7H2/q+1;. The van der Waals surface area contributed by atoms with Crippen molar-refractivity contribution in [3.63, 3.8) is 0 Å². The molecule has 0 aliphatic carbocycles. The van der Waals surface area contributed by atoms with Gasteiger partial charge in [0, 0.05) is 7.26 Å². The molecule has 1 N–H and O–H groups in total. The molecule has 0 aliphatic rings. The number of carbonyl (C=O) groups excluding carboxylic acids is 1. The van der Waals surface area contributed by atoms with E-state index in [-0.39, 0.29) is 13.2 Å². The van der Waals surface area contributed by atoms with Gasteiger partial charge in [0.25, 0.3) is 0 Å². The van der Waals surface area contributed by atoms with E-state index in [0.29, 0.717) is 5.56 Å². The average Bonchev–Trinajstić information content (AvgIpc) is 2.77. The van der Waals surface area contributed by atoms with Crippen molar-refractivity contribution in [3.05, 3.63) is 35.9 Å². The van der Waals surface area contributed by atoms with Crippen molar-refractivity contribution >= 4 is 13.2 Å². The Bertz CT molecular complexity index is 453. The van der Waals surface area contributed by atoms with E-state index in [4.69, 9.17) is 5.11 Å². The molecule has 4 heteroatoms. The van der Waals surface area contributed by atoms with Gasteiger partial charge in [0.2, 0.25) is 0 Å². The van der Waals surface area contributed by atoms with Crippen molar-refractivity contribution < 1.29 is 14.6 Å². The van der Waals surface area contributed by atoms with Gasteiger partial charge in [-0.3, -0.25) is 0 Å². The van der Waals surface area contributed by atoms with Crippen molar-refractivity contribution in [1.82, 2.24) is 0 Å². The Morgan fingerprint density at radius 3 is 1.55 bits per heavy atom. The quantitative estimate of drug-likeness (QED) is 0.242. The molecule has 1 rings (SSSR count). The van der Waals surface area contributed by atoms with Gasteiger partial charge in [-0.15, -0.1) is 0 Å². The number of aliphatic hydroxyl groups is 1. The second-order valence-electron chi connectivity index (χ2n) is 7.88. The lowest BCUT2D eigenvalue weighted by Crippen LogP contribution is -2.12. The Kier molecular flexibility index (Phi) is 18.5. The fraction of sp³-hybridized carbons (Fsp3) is 0.720. The smallest absolute Gasteiger partial charge is 0.338 e. The minimum absolute atomic E-state index is 0.0493. The second-order valence-corrected chi connectivity index (χ2v) is 12.3. The molecule has 0 fully saturated rings. The number of benzene rings is 1. The van der Waals surface area contributed by atoms with Crippen molar-refractivity contribution in [2.45, 2.75) is 79.1 Å². The highest BCUT2D eigenvalue weighted by Crippen LogP contribution is 2.61. The van der Waals surface area contributed by atoms with E-state index in [1.807, 2.05) is 6.07 Å². The number of hydrogen-bond acceptors (Lipinski definition) is 3. The number of rotatable bonds is 15. The molecule has 0 heterocycles. The molecule has 0 spiro atoms. The van der Waals surface area contributed by atoms with Crippen LogP contribution in [-0.4, -0.2) is 48.9 Å². The van der Waals surface area contributed by atoms with Crippen LogP contribution in [0.4, 0.5) is 0 Å². The monoisotopic (exact) mass is 425 g/mol. The molecule has 1 aromatic rings. The predicted molar refractivity (Wildman–Crippen MR) is 130 cm³/mol. The number of esters is 1.